The molecule has 0 saturated carbocycles. The maximum absolute atomic E-state index is 12.1. The lowest BCUT2D eigenvalue weighted by Crippen LogP contribution is -2.33. The number of hydrogen-bond acceptors (Lipinski definition) is 5. The van der Waals surface area contributed by atoms with E-state index in [9.17, 15) is 9.90 Å². The minimum absolute atomic E-state index is 0.193. The van der Waals surface area contributed by atoms with E-state index in [0.717, 1.165) is 5.82 Å². The van der Waals surface area contributed by atoms with Gasteiger partial charge in [-0.3, -0.25) is 4.79 Å². The molecule has 0 spiro atoms. The highest BCUT2D eigenvalue weighted by molar-refractivity contribution is 5.94. The smallest absolute Gasteiger partial charge is 0.253 e. The second kappa shape index (κ2) is 7.09. The van der Waals surface area contributed by atoms with Crippen molar-refractivity contribution in [2.45, 2.75) is 25.5 Å². The van der Waals surface area contributed by atoms with Gasteiger partial charge < -0.3 is 19.7 Å². The molecule has 1 amide bonds. The average Bonchev–Trinajstić information content (AvgIpc) is 3.01. The molecule has 2 atom stereocenters. The molecule has 2 unspecified atom stereocenters. The molecule has 0 aliphatic heterocycles. The first-order chi connectivity index (χ1) is 10.5. The lowest BCUT2D eigenvalue weighted by molar-refractivity contribution is 0.0903. The van der Waals surface area contributed by atoms with Gasteiger partial charge in [0.05, 0.1) is 11.8 Å². The van der Waals surface area contributed by atoms with Crippen molar-refractivity contribution in [3.05, 3.63) is 48.0 Å². The fraction of sp³-hybridized carbons (Fsp3) is 0.375. The van der Waals surface area contributed by atoms with Crippen LogP contribution in [-0.4, -0.2) is 36.1 Å². The molecule has 0 aliphatic carbocycles. The van der Waals surface area contributed by atoms with Gasteiger partial charge in [0.15, 0.2) is 0 Å². The second-order valence-electron chi connectivity index (χ2n) is 5.44. The summed E-state index contributed by atoms with van der Waals surface area (Å²) < 4.78 is 5.14. The van der Waals surface area contributed by atoms with Crippen molar-refractivity contribution in [1.29, 1.82) is 0 Å². The predicted molar refractivity (Wildman–Crippen MR) is 83.8 cm³/mol. The molecule has 2 heterocycles. The number of nitrogens with zero attached hydrogens (tertiary/aromatic N) is 2. The Kier molecular flexibility index (Phi) is 5.16. The summed E-state index contributed by atoms with van der Waals surface area (Å²) >= 11 is 0. The van der Waals surface area contributed by atoms with Crippen LogP contribution in [-0.2, 0) is 0 Å². The fourth-order valence-corrected chi connectivity index (χ4v) is 2.08. The number of aliphatic hydroxyl groups is 1. The van der Waals surface area contributed by atoms with Gasteiger partial charge in [-0.25, -0.2) is 4.98 Å². The minimum Gasteiger partial charge on any atom is -0.467 e. The van der Waals surface area contributed by atoms with Crippen LogP contribution in [0, 0.1) is 0 Å². The van der Waals surface area contributed by atoms with Crippen molar-refractivity contribution in [3.63, 3.8) is 0 Å². The predicted octanol–water partition coefficient (Wildman–Crippen LogP) is 1.98. The summed E-state index contributed by atoms with van der Waals surface area (Å²) in [7, 11) is 3.78. The Morgan fingerprint density at radius 3 is 2.73 bits per heavy atom. The molecular formula is C16H21N3O3. The van der Waals surface area contributed by atoms with Gasteiger partial charge in [-0.2, -0.15) is 0 Å². The lowest BCUT2D eigenvalue weighted by Gasteiger charge is -2.17. The zero-order chi connectivity index (χ0) is 16.1. The molecule has 6 heteroatoms. The van der Waals surface area contributed by atoms with E-state index in [2.05, 4.69) is 10.3 Å². The summed E-state index contributed by atoms with van der Waals surface area (Å²) in [5.74, 6) is 1.08. The van der Waals surface area contributed by atoms with Crippen molar-refractivity contribution < 1.29 is 14.3 Å². The SMILES string of the molecule is CC(CC(O)c1ccco1)NC(=O)c1ccc(N(C)C)nc1. The van der Waals surface area contributed by atoms with Crippen LogP contribution in [0.25, 0.3) is 0 Å². The largest absolute Gasteiger partial charge is 0.467 e. The number of furan rings is 1. The summed E-state index contributed by atoms with van der Waals surface area (Å²) in [6, 6.07) is 6.76. The Labute approximate surface area is 129 Å². The Bertz CT molecular complexity index is 594. The third-order valence-corrected chi connectivity index (χ3v) is 3.29. The Balaban J connectivity index is 1.90. The summed E-state index contributed by atoms with van der Waals surface area (Å²) in [4.78, 5) is 18.2. The zero-order valence-corrected chi connectivity index (χ0v) is 13.0. The maximum Gasteiger partial charge on any atom is 0.253 e. The zero-order valence-electron chi connectivity index (χ0n) is 13.0. The Morgan fingerprint density at radius 2 is 2.18 bits per heavy atom. The van der Waals surface area contributed by atoms with Crippen LogP contribution in [0.2, 0.25) is 0 Å². The highest BCUT2D eigenvalue weighted by Crippen LogP contribution is 2.18. The number of aromatic nitrogens is 1. The Hall–Kier alpha value is -2.34. The van der Waals surface area contributed by atoms with Crippen molar-refractivity contribution in [2.75, 3.05) is 19.0 Å². The van der Waals surface area contributed by atoms with Crippen LogP contribution in [0.3, 0.4) is 0 Å². The van der Waals surface area contributed by atoms with Gasteiger partial charge in [-0.15, -0.1) is 0 Å². The van der Waals surface area contributed by atoms with Crippen molar-refractivity contribution in [3.8, 4) is 0 Å². The number of hydrogen-bond donors (Lipinski definition) is 2. The minimum atomic E-state index is -0.737. The highest BCUT2D eigenvalue weighted by atomic mass is 16.4. The lowest BCUT2D eigenvalue weighted by atomic mass is 10.1. The standard InChI is InChI=1S/C16H21N3O3/c1-11(9-13(20)14-5-4-8-22-14)18-16(21)12-6-7-15(17-10-12)19(2)3/h4-8,10-11,13,20H,9H2,1-3H3,(H,18,21). The molecule has 0 aliphatic rings. The molecule has 0 saturated heterocycles. The van der Waals surface area contributed by atoms with Gasteiger partial charge in [-0.1, -0.05) is 0 Å². The number of nitrogens with one attached hydrogen (secondary N) is 1. The van der Waals surface area contributed by atoms with E-state index in [-0.39, 0.29) is 11.9 Å². The number of rotatable bonds is 6. The van der Waals surface area contributed by atoms with Crippen LogP contribution in [0.4, 0.5) is 5.82 Å². The molecule has 0 bridgehead atoms. The van der Waals surface area contributed by atoms with E-state index in [1.807, 2.05) is 25.9 Å². The van der Waals surface area contributed by atoms with E-state index in [1.54, 1.807) is 30.5 Å². The Morgan fingerprint density at radius 1 is 1.41 bits per heavy atom. The normalized spacial score (nSPS) is 13.5. The third-order valence-electron chi connectivity index (χ3n) is 3.29. The van der Waals surface area contributed by atoms with E-state index in [4.69, 9.17) is 4.42 Å². The van der Waals surface area contributed by atoms with Crippen LogP contribution in [0.15, 0.2) is 41.1 Å². The molecule has 0 aromatic carbocycles. The van der Waals surface area contributed by atoms with Gasteiger partial charge in [0, 0.05) is 32.8 Å². The first kappa shape index (κ1) is 16.0. The molecule has 2 rings (SSSR count). The number of pyridine rings is 1. The maximum atomic E-state index is 12.1. The average molecular weight is 303 g/mol. The third kappa shape index (κ3) is 4.08. The summed E-state index contributed by atoms with van der Waals surface area (Å²) in [5.41, 5.74) is 0.491. The molecule has 22 heavy (non-hydrogen) atoms. The molecular weight excluding hydrogens is 282 g/mol. The summed E-state index contributed by atoms with van der Waals surface area (Å²) in [5, 5.41) is 12.8. The van der Waals surface area contributed by atoms with Gasteiger partial charge in [0.25, 0.3) is 5.91 Å². The van der Waals surface area contributed by atoms with Gasteiger partial charge in [0.1, 0.15) is 17.7 Å². The first-order valence-corrected chi connectivity index (χ1v) is 7.13. The monoisotopic (exact) mass is 303 g/mol. The molecule has 0 fully saturated rings. The van der Waals surface area contributed by atoms with E-state index in [0.29, 0.717) is 17.7 Å². The van der Waals surface area contributed by atoms with Gasteiger partial charge in [-0.05, 0) is 31.2 Å². The number of aliphatic hydroxyl groups excluding tert-OH is 1. The van der Waals surface area contributed by atoms with Crippen LogP contribution in [0.1, 0.15) is 35.6 Å². The van der Waals surface area contributed by atoms with Gasteiger partial charge >= 0.3 is 0 Å². The van der Waals surface area contributed by atoms with E-state index < -0.39 is 6.10 Å². The number of anilines is 1. The first-order valence-electron chi connectivity index (χ1n) is 7.13. The highest BCUT2D eigenvalue weighted by Gasteiger charge is 2.17. The van der Waals surface area contributed by atoms with Crippen LogP contribution >= 0.6 is 0 Å². The van der Waals surface area contributed by atoms with Gasteiger partial charge in [0.2, 0.25) is 0 Å². The van der Waals surface area contributed by atoms with Crippen molar-refractivity contribution in [2.24, 2.45) is 0 Å². The van der Waals surface area contributed by atoms with Crippen molar-refractivity contribution in [1.82, 2.24) is 10.3 Å². The second-order valence-corrected chi connectivity index (χ2v) is 5.44. The topological polar surface area (TPSA) is 78.6 Å². The quantitative estimate of drug-likeness (QED) is 0.853. The number of amides is 1. The van der Waals surface area contributed by atoms with Crippen molar-refractivity contribution >= 4 is 11.7 Å². The molecule has 0 radical (unpaired) electrons. The molecule has 118 valence electrons. The summed E-state index contributed by atoms with van der Waals surface area (Å²) in [6.45, 7) is 1.84. The van der Waals surface area contributed by atoms with E-state index in [1.165, 1.54) is 6.26 Å². The van der Waals surface area contributed by atoms with Crippen LogP contribution in [0.5, 0.6) is 0 Å². The number of carbonyl (C=O) groups is 1. The van der Waals surface area contributed by atoms with E-state index >= 15 is 0 Å². The molecule has 2 aromatic rings. The molecule has 2 aromatic heterocycles. The number of carbonyl (C=O) groups excluding carboxylic acids is 1. The van der Waals surface area contributed by atoms with Crippen LogP contribution < -0.4 is 10.2 Å². The fourth-order valence-electron chi connectivity index (χ4n) is 2.08. The summed E-state index contributed by atoms with van der Waals surface area (Å²) in [6.07, 6.45) is 2.70. The molecule has 6 nitrogen and oxygen atoms in total. The molecule has 2 N–H and O–H groups in total.